The molecule has 0 aliphatic carbocycles. The molecule has 25 heavy (non-hydrogen) atoms. The van der Waals surface area contributed by atoms with E-state index in [9.17, 15) is 9.59 Å². The maximum atomic E-state index is 12.2. The third-order valence-corrected chi connectivity index (χ3v) is 5.79. The number of carbonyl (C=O) groups is 2. The summed E-state index contributed by atoms with van der Waals surface area (Å²) < 4.78 is 0. The van der Waals surface area contributed by atoms with Gasteiger partial charge in [-0.05, 0) is 38.4 Å². The zero-order chi connectivity index (χ0) is 17.1. The zero-order valence-electron chi connectivity index (χ0n) is 14.0. The highest BCUT2D eigenvalue weighted by atomic mass is 35.5. The van der Waals surface area contributed by atoms with Crippen LogP contribution in [0, 0.1) is 6.92 Å². The number of anilines is 1. The smallest absolute Gasteiger partial charge is 0.243 e. The van der Waals surface area contributed by atoms with Gasteiger partial charge in [0.1, 0.15) is 0 Å². The molecular weight excluding hydrogens is 380 g/mol. The Bertz CT molecular complexity index is 753. The van der Waals surface area contributed by atoms with Crippen molar-refractivity contribution in [3.8, 4) is 10.6 Å². The number of thiophene rings is 1. The summed E-state index contributed by atoms with van der Waals surface area (Å²) in [6, 6.07) is 3.90. The van der Waals surface area contributed by atoms with Crippen LogP contribution >= 0.6 is 35.1 Å². The van der Waals surface area contributed by atoms with Gasteiger partial charge in [0.2, 0.25) is 11.8 Å². The molecule has 1 atom stereocenters. The van der Waals surface area contributed by atoms with Crippen LogP contribution in [0.4, 0.5) is 5.13 Å². The number of amides is 2. The Morgan fingerprint density at radius 3 is 2.84 bits per heavy atom. The van der Waals surface area contributed by atoms with E-state index in [1.165, 1.54) is 18.3 Å². The van der Waals surface area contributed by atoms with Crippen molar-refractivity contribution in [2.24, 2.45) is 0 Å². The lowest BCUT2D eigenvalue weighted by Gasteiger charge is -2.08. The van der Waals surface area contributed by atoms with E-state index in [0.717, 1.165) is 39.7 Å². The molecule has 0 saturated carbocycles. The highest BCUT2D eigenvalue weighted by molar-refractivity contribution is 7.18. The van der Waals surface area contributed by atoms with E-state index in [1.807, 2.05) is 19.1 Å². The topological polar surface area (TPSA) is 83.1 Å². The summed E-state index contributed by atoms with van der Waals surface area (Å²) in [7, 11) is 0. The number of hydrogen-bond donors (Lipinski definition) is 3. The predicted molar refractivity (Wildman–Crippen MR) is 105 cm³/mol. The first-order valence-electron chi connectivity index (χ1n) is 7.88. The van der Waals surface area contributed by atoms with Crippen LogP contribution in [-0.4, -0.2) is 29.4 Å². The first-order chi connectivity index (χ1) is 11.5. The summed E-state index contributed by atoms with van der Waals surface area (Å²) in [5, 5.41) is 9.53. The molecule has 1 unspecified atom stereocenters. The van der Waals surface area contributed by atoms with Crippen molar-refractivity contribution < 1.29 is 9.59 Å². The molecule has 3 rings (SSSR count). The monoisotopic (exact) mass is 400 g/mol. The average molecular weight is 401 g/mol. The van der Waals surface area contributed by atoms with Crippen molar-refractivity contribution in [1.82, 2.24) is 15.6 Å². The Balaban J connectivity index is 0.00000225. The number of carbonyl (C=O) groups excluding carboxylic acids is 2. The molecular formula is C16H21ClN4O2S2. The van der Waals surface area contributed by atoms with Crippen LogP contribution in [-0.2, 0) is 16.1 Å². The van der Waals surface area contributed by atoms with Crippen molar-refractivity contribution in [2.45, 2.75) is 39.3 Å². The lowest BCUT2D eigenvalue weighted by Crippen LogP contribution is -2.35. The fraction of sp³-hybridized carbons (Fsp3) is 0.438. The average Bonchev–Trinajstić information content (AvgIpc) is 3.25. The van der Waals surface area contributed by atoms with Gasteiger partial charge >= 0.3 is 0 Å². The van der Waals surface area contributed by atoms with Gasteiger partial charge in [-0.25, -0.2) is 4.98 Å². The number of aromatic nitrogens is 1. The SMILES string of the molecule is CC(=O)NCc1ccc(-c2nc(NC(=O)C3CCCN3)sc2C)s1.Cl. The first-order valence-corrected chi connectivity index (χ1v) is 9.51. The first kappa shape index (κ1) is 19.8. The fourth-order valence-electron chi connectivity index (χ4n) is 2.59. The lowest BCUT2D eigenvalue weighted by atomic mass is 10.2. The molecule has 0 bridgehead atoms. The summed E-state index contributed by atoms with van der Waals surface area (Å²) in [5.41, 5.74) is 0.897. The molecule has 0 radical (unpaired) electrons. The van der Waals surface area contributed by atoms with Gasteiger partial charge in [0.15, 0.2) is 5.13 Å². The number of aryl methyl sites for hydroxylation is 1. The highest BCUT2D eigenvalue weighted by Gasteiger charge is 2.23. The van der Waals surface area contributed by atoms with Gasteiger partial charge in [0, 0.05) is 16.7 Å². The van der Waals surface area contributed by atoms with Crippen LogP contribution in [0.1, 0.15) is 29.5 Å². The van der Waals surface area contributed by atoms with Gasteiger partial charge in [0.25, 0.3) is 0 Å². The number of nitrogens with zero attached hydrogens (tertiary/aromatic N) is 1. The third kappa shape index (κ3) is 5.01. The summed E-state index contributed by atoms with van der Waals surface area (Å²) in [6.45, 7) is 4.93. The van der Waals surface area contributed by atoms with E-state index in [1.54, 1.807) is 11.3 Å². The van der Waals surface area contributed by atoms with E-state index in [4.69, 9.17) is 0 Å². The maximum Gasteiger partial charge on any atom is 0.243 e. The second-order valence-electron chi connectivity index (χ2n) is 5.74. The number of hydrogen-bond acceptors (Lipinski definition) is 6. The van der Waals surface area contributed by atoms with Crippen LogP contribution < -0.4 is 16.0 Å². The highest BCUT2D eigenvalue weighted by Crippen LogP contribution is 2.34. The number of halogens is 1. The van der Waals surface area contributed by atoms with Crippen LogP contribution in [0.5, 0.6) is 0 Å². The number of rotatable bonds is 5. The Labute approximate surface area is 160 Å². The fourth-order valence-corrected chi connectivity index (χ4v) is 4.48. The zero-order valence-corrected chi connectivity index (χ0v) is 16.5. The van der Waals surface area contributed by atoms with E-state index < -0.39 is 0 Å². The minimum atomic E-state index is -0.108. The van der Waals surface area contributed by atoms with Crippen molar-refractivity contribution >= 4 is 52.0 Å². The molecule has 1 aliphatic rings. The van der Waals surface area contributed by atoms with E-state index >= 15 is 0 Å². The second kappa shape index (κ2) is 8.75. The number of thiazole rings is 1. The summed E-state index contributed by atoms with van der Waals surface area (Å²) in [6.07, 6.45) is 1.91. The van der Waals surface area contributed by atoms with Gasteiger partial charge in [-0.15, -0.1) is 35.1 Å². The van der Waals surface area contributed by atoms with Crippen molar-refractivity contribution in [2.75, 3.05) is 11.9 Å². The molecule has 6 nitrogen and oxygen atoms in total. The molecule has 3 heterocycles. The minimum absolute atomic E-state index is 0. The van der Waals surface area contributed by atoms with Crippen molar-refractivity contribution in [3.63, 3.8) is 0 Å². The van der Waals surface area contributed by atoms with E-state index in [2.05, 4.69) is 20.9 Å². The summed E-state index contributed by atoms with van der Waals surface area (Å²) >= 11 is 3.09. The molecule has 0 spiro atoms. The van der Waals surface area contributed by atoms with E-state index in [-0.39, 0.29) is 30.3 Å². The normalized spacial score (nSPS) is 16.3. The van der Waals surface area contributed by atoms with Gasteiger partial charge in [-0.2, -0.15) is 0 Å². The van der Waals surface area contributed by atoms with Crippen molar-refractivity contribution in [3.05, 3.63) is 21.9 Å². The lowest BCUT2D eigenvalue weighted by molar-refractivity contribution is -0.119. The van der Waals surface area contributed by atoms with Crippen LogP contribution in [0.3, 0.4) is 0 Å². The quantitative estimate of drug-likeness (QED) is 0.720. The molecule has 0 aromatic carbocycles. The molecule has 1 aliphatic heterocycles. The molecule has 136 valence electrons. The van der Waals surface area contributed by atoms with Gasteiger partial charge in [-0.1, -0.05) is 0 Å². The van der Waals surface area contributed by atoms with Gasteiger partial charge in [0.05, 0.1) is 23.2 Å². The van der Waals surface area contributed by atoms with Crippen LogP contribution in [0.15, 0.2) is 12.1 Å². The largest absolute Gasteiger partial charge is 0.351 e. The van der Waals surface area contributed by atoms with Crippen molar-refractivity contribution in [1.29, 1.82) is 0 Å². The standard InChI is InChI=1S/C16H20N4O2S2.ClH/c1-9-14(13-6-5-11(24-13)8-18-10(2)21)19-16(23-9)20-15(22)12-4-3-7-17-12;/h5-6,12,17H,3-4,7-8H2,1-2H3,(H,18,21)(H,19,20,22);1H. The molecule has 2 aromatic rings. The Kier molecular flexibility index (Phi) is 6.95. The Morgan fingerprint density at radius 1 is 1.36 bits per heavy atom. The number of nitrogens with one attached hydrogen (secondary N) is 3. The molecule has 2 aromatic heterocycles. The molecule has 3 N–H and O–H groups in total. The molecule has 1 saturated heterocycles. The Hall–Kier alpha value is -1.48. The molecule has 2 amide bonds. The summed E-state index contributed by atoms with van der Waals surface area (Å²) in [5.74, 6) is -0.0503. The maximum absolute atomic E-state index is 12.2. The predicted octanol–water partition coefficient (Wildman–Crippen LogP) is 2.93. The summed E-state index contributed by atoms with van der Waals surface area (Å²) in [4.78, 5) is 31.0. The second-order valence-corrected chi connectivity index (χ2v) is 8.11. The molecule has 1 fully saturated rings. The molecule has 9 heteroatoms. The van der Waals surface area contributed by atoms with Crippen LogP contribution in [0.2, 0.25) is 0 Å². The van der Waals surface area contributed by atoms with Crippen LogP contribution in [0.25, 0.3) is 10.6 Å². The van der Waals surface area contributed by atoms with Gasteiger partial charge < -0.3 is 16.0 Å². The third-order valence-electron chi connectivity index (χ3n) is 3.81. The minimum Gasteiger partial charge on any atom is -0.351 e. The Morgan fingerprint density at radius 2 is 2.16 bits per heavy atom. The van der Waals surface area contributed by atoms with Gasteiger partial charge in [-0.3, -0.25) is 9.59 Å². The van der Waals surface area contributed by atoms with E-state index in [0.29, 0.717) is 11.7 Å².